The van der Waals surface area contributed by atoms with Crippen molar-refractivity contribution in [2.45, 2.75) is 32.6 Å². The van der Waals surface area contributed by atoms with Crippen molar-refractivity contribution in [1.29, 1.82) is 0 Å². The number of unbranched alkanes of at least 4 members (excludes halogenated alkanes) is 2. The molecule has 1 amide bonds. The van der Waals surface area contributed by atoms with E-state index >= 15 is 0 Å². The van der Waals surface area contributed by atoms with Crippen LogP contribution in [-0.2, 0) is 4.79 Å². The fraction of sp³-hybridized carbons (Fsp3) is 0.750. The smallest absolute Gasteiger partial charge is 0.220 e. The summed E-state index contributed by atoms with van der Waals surface area (Å²) < 4.78 is 0. The van der Waals surface area contributed by atoms with Gasteiger partial charge in [0, 0.05) is 6.42 Å². The van der Waals surface area contributed by atoms with Crippen LogP contribution in [0.3, 0.4) is 0 Å². The lowest BCUT2D eigenvalue weighted by molar-refractivity contribution is -0.120. The highest BCUT2D eigenvalue weighted by atomic mass is 32.1. The summed E-state index contributed by atoms with van der Waals surface area (Å²) in [7, 11) is 0. The maximum atomic E-state index is 11.0. The summed E-state index contributed by atoms with van der Waals surface area (Å²) in [6, 6.07) is 0. The largest absolute Gasteiger partial charge is 0.392 e. The molecule has 0 aromatic rings. The van der Waals surface area contributed by atoms with E-state index in [4.69, 9.17) is 5.73 Å². The Hall–Kier alpha value is -0.640. The normalized spacial score (nSPS) is 9.42. The minimum Gasteiger partial charge on any atom is -0.392 e. The molecule has 70 valence electrons. The number of nitrogens with one attached hydrogen (secondary N) is 1. The van der Waals surface area contributed by atoms with E-state index in [0.717, 1.165) is 19.3 Å². The predicted octanol–water partition coefficient (Wildman–Crippen LogP) is 0.969. The molecule has 0 spiro atoms. The number of carbonyl (C=O) groups excluding carboxylic acids is 1. The average Bonchev–Trinajstić information content (AvgIpc) is 2.01. The van der Waals surface area contributed by atoms with Crippen molar-refractivity contribution in [3.8, 4) is 0 Å². The minimum absolute atomic E-state index is 0.0382. The van der Waals surface area contributed by atoms with E-state index < -0.39 is 0 Å². The van der Waals surface area contributed by atoms with Gasteiger partial charge >= 0.3 is 0 Å². The van der Waals surface area contributed by atoms with Crippen molar-refractivity contribution >= 4 is 23.1 Å². The Balaban J connectivity index is 3.28. The summed E-state index contributed by atoms with van der Waals surface area (Å²) in [5, 5.41) is 2.64. The molecule has 0 fully saturated rings. The first-order chi connectivity index (χ1) is 5.66. The Morgan fingerprint density at radius 2 is 2.17 bits per heavy atom. The highest BCUT2D eigenvalue weighted by Gasteiger charge is 1.99. The minimum atomic E-state index is 0.0382. The number of rotatable bonds is 6. The first-order valence-corrected chi connectivity index (χ1v) is 4.62. The van der Waals surface area contributed by atoms with Gasteiger partial charge in [0.15, 0.2) is 0 Å². The Kier molecular flexibility index (Phi) is 6.66. The van der Waals surface area contributed by atoms with Crippen LogP contribution in [0.4, 0.5) is 0 Å². The summed E-state index contributed by atoms with van der Waals surface area (Å²) in [4.78, 5) is 11.3. The van der Waals surface area contributed by atoms with Crippen molar-refractivity contribution in [1.82, 2.24) is 5.32 Å². The molecule has 0 radical (unpaired) electrons. The maximum absolute atomic E-state index is 11.0. The van der Waals surface area contributed by atoms with Crippen LogP contribution in [0.5, 0.6) is 0 Å². The highest BCUT2D eigenvalue weighted by molar-refractivity contribution is 7.80. The van der Waals surface area contributed by atoms with Crippen molar-refractivity contribution in [2.24, 2.45) is 5.73 Å². The summed E-state index contributed by atoms with van der Waals surface area (Å²) in [6.45, 7) is 2.42. The van der Waals surface area contributed by atoms with Crippen molar-refractivity contribution in [2.75, 3.05) is 6.54 Å². The molecule has 0 saturated heterocycles. The standard InChI is InChI=1S/C8H16N2OS/c1-2-3-4-5-8(11)10-6-7(9)12/h2-6H2,1H3,(H2,9,12)(H,10,11). The molecule has 0 atom stereocenters. The van der Waals surface area contributed by atoms with Gasteiger partial charge in [-0.3, -0.25) is 4.79 Å². The quantitative estimate of drug-likeness (QED) is 0.482. The molecular formula is C8H16N2OS. The zero-order valence-corrected chi connectivity index (χ0v) is 8.25. The van der Waals surface area contributed by atoms with E-state index in [2.05, 4.69) is 24.5 Å². The van der Waals surface area contributed by atoms with Crippen LogP contribution >= 0.6 is 12.2 Å². The molecule has 0 bridgehead atoms. The Morgan fingerprint density at radius 1 is 1.50 bits per heavy atom. The number of nitrogens with two attached hydrogens (primary N) is 1. The van der Waals surface area contributed by atoms with Crippen LogP contribution in [0, 0.1) is 0 Å². The first-order valence-electron chi connectivity index (χ1n) is 4.21. The Bertz CT molecular complexity index is 159. The van der Waals surface area contributed by atoms with Gasteiger partial charge in [0.1, 0.15) is 0 Å². The van der Waals surface area contributed by atoms with Crippen LogP contribution < -0.4 is 11.1 Å². The van der Waals surface area contributed by atoms with Gasteiger partial charge in [-0.1, -0.05) is 32.0 Å². The molecule has 0 aliphatic rings. The molecule has 0 aromatic heterocycles. The molecular weight excluding hydrogens is 172 g/mol. The monoisotopic (exact) mass is 188 g/mol. The van der Waals surface area contributed by atoms with E-state index in [1.165, 1.54) is 0 Å². The summed E-state index contributed by atoms with van der Waals surface area (Å²) >= 11 is 4.61. The fourth-order valence-electron chi connectivity index (χ4n) is 0.810. The van der Waals surface area contributed by atoms with Gasteiger partial charge in [-0.2, -0.15) is 0 Å². The van der Waals surface area contributed by atoms with Gasteiger partial charge in [0.2, 0.25) is 5.91 Å². The number of thiocarbonyl (C=S) groups is 1. The van der Waals surface area contributed by atoms with Gasteiger partial charge in [-0.05, 0) is 6.42 Å². The third-order valence-electron chi connectivity index (χ3n) is 1.47. The molecule has 3 nitrogen and oxygen atoms in total. The predicted molar refractivity (Wildman–Crippen MR) is 53.9 cm³/mol. The number of carbonyl (C=O) groups is 1. The fourth-order valence-corrected chi connectivity index (χ4v) is 0.882. The Labute approximate surface area is 78.7 Å². The maximum Gasteiger partial charge on any atom is 0.220 e. The molecule has 0 saturated carbocycles. The van der Waals surface area contributed by atoms with Crippen LogP contribution in [0.25, 0.3) is 0 Å². The van der Waals surface area contributed by atoms with Gasteiger partial charge in [-0.15, -0.1) is 0 Å². The SMILES string of the molecule is CCCCCC(=O)NCC(N)=S. The van der Waals surface area contributed by atoms with E-state index in [-0.39, 0.29) is 5.91 Å². The molecule has 0 aromatic carbocycles. The highest BCUT2D eigenvalue weighted by Crippen LogP contribution is 1.97. The number of amides is 1. The van der Waals surface area contributed by atoms with Crippen molar-refractivity contribution in [3.63, 3.8) is 0 Å². The van der Waals surface area contributed by atoms with E-state index in [9.17, 15) is 4.79 Å². The second kappa shape index (κ2) is 7.03. The zero-order valence-electron chi connectivity index (χ0n) is 7.43. The lowest BCUT2D eigenvalue weighted by Gasteiger charge is -2.02. The molecule has 0 aliphatic heterocycles. The van der Waals surface area contributed by atoms with Crippen LogP contribution in [0.15, 0.2) is 0 Å². The summed E-state index contributed by atoms with van der Waals surface area (Å²) in [5.41, 5.74) is 5.21. The van der Waals surface area contributed by atoms with E-state index in [0.29, 0.717) is 18.0 Å². The number of hydrogen-bond donors (Lipinski definition) is 2. The van der Waals surface area contributed by atoms with E-state index in [1.807, 2.05) is 0 Å². The third-order valence-corrected chi connectivity index (χ3v) is 1.61. The van der Waals surface area contributed by atoms with Crippen LogP contribution in [0.2, 0.25) is 0 Å². The summed E-state index contributed by atoms with van der Waals surface area (Å²) in [6.07, 6.45) is 3.75. The molecule has 12 heavy (non-hydrogen) atoms. The lowest BCUT2D eigenvalue weighted by atomic mass is 10.2. The van der Waals surface area contributed by atoms with Crippen molar-refractivity contribution in [3.05, 3.63) is 0 Å². The number of hydrogen-bond acceptors (Lipinski definition) is 2. The average molecular weight is 188 g/mol. The first kappa shape index (κ1) is 11.4. The summed E-state index contributed by atoms with van der Waals surface area (Å²) in [5.74, 6) is 0.0382. The van der Waals surface area contributed by atoms with Crippen LogP contribution in [0.1, 0.15) is 32.6 Å². The molecule has 4 heteroatoms. The van der Waals surface area contributed by atoms with Gasteiger partial charge < -0.3 is 11.1 Å². The van der Waals surface area contributed by atoms with Gasteiger partial charge in [-0.25, -0.2) is 0 Å². The molecule has 0 aliphatic carbocycles. The molecule has 3 N–H and O–H groups in total. The molecule has 0 rings (SSSR count). The van der Waals surface area contributed by atoms with Gasteiger partial charge in [0.05, 0.1) is 11.5 Å². The second-order valence-electron chi connectivity index (χ2n) is 2.70. The third kappa shape index (κ3) is 7.47. The van der Waals surface area contributed by atoms with Crippen LogP contribution in [-0.4, -0.2) is 17.4 Å². The molecule has 0 unspecified atom stereocenters. The second-order valence-corrected chi connectivity index (χ2v) is 3.22. The zero-order chi connectivity index (χ0) is 9.40. The Morgan fingerprint density at radius 3 is 2.67 bits per heavy atom. The molecule has 0 heterocycles. The van der Waals surface area contributed by atoms with E-state index in [1.54, 1.807) is 0 Å². The topological polar surface area (TPSA) is 55.1 Å². The van der Waals surface area contributed by atoms with Gasteiger partial charge in [0.25, 0.3) is 0 Å². The van der Waals surface area contributed by atoms with Crippen molar-refractivity contribution < 1.29 is 4.79 Å². The lowest BCUT2D eigenvalue weighted by Crippen LogP contribution is -2.31.